The number of aliphatic carboxylic acids is 1. The van der Waals surface area contributed by atoms with Crippen LogP contribution in [-0.4, -0.2) is 29.8 Å². The summed E-state index contributed by atoms with van der Waals surface area (Å²) < 4.78 is 9.28. The summed E-state index contributed by atoms with van der Waals surface area (Å²) in [6.07, 6.45) is 2.12. The lowest BCUT2D eigenvalue weighted by atomic mass is 10.1. The van der Waals surface area contributed by atoms with Gasteiger partial charge in [-0.05, 0) is 6.08 Å². The molecule has 0 bridgehead atoms. The SMILES string of the molecule is CC(=O)OC=CC(C(=O)O)C1CO1. The fraction of sp³-hybridized carbons (Fsp3) is 0.500. The van der Waals surface area contributed by atoms with Crippen LogP contribution in [0.2, 0.25) is 0 Å². The Hall–Kier alpha value is -1.36. The molecule has 13 heavy (non-hydrogen) atoms. The number of hydrogen-bond donors (Lipinski definition) is 1. The van der Waals surface area contributed by atoms with E-state index < -0.39 is 17.9 Å². The van der Waals surface area contributed by atoms with E-state index in [1.165, 1.54) is 13.0 Å². The van der Waals surface area contributed by atoms with Crippen LogP contribution in [0.4, 0.5) is 0 Å². The maximum Gasteiger partial charge on any atom is 0.313 e. The molecule has 2 atom stereocenters. The topological polar surface area (TPSA) is 76.1 Å². The second-order valence-corrected chi connectivity index (χ2v) is 2.67. The molecule has 0 aromatic heterocycles. The van der Waals surface area contributed by atoms with Crippen molar-refractivity contribution in [2.75, 3.05) is 6.61 Å². The van der Waals surface area contributed by atoms with Crippen molar-refractivity contribution in [3.63, 3.8) is 0 Å². The summed E-state index contributed by atoms with van der Waals surface area (Å²) in [5.74, 6) is -2.18. The van der Waals surface area contributed by atoms with Crippen LogP contribution in [0.5, 0.6) is 0 Å². The molecule has 0 saturated carbocycles. The number of esters is 1. The summed E-state index contributed by atoms with van der Waals surface area (Å²) in [4.78, 5) is 20.9. The van der Waals surface area contributed by atoms with E-state index in [0.29, 0.717) is 6.61 Å². The summed E-state index contributed by atoms with van der Waals surface area (Å²) in [7, 11) is 0. The molecule has 1 heterocycles. The first kappa shape index (κ1) is 9.73. The lowest BCUT2D eigenvalue weighted by Gasteiger charge is -2.01. The van der Waals surface area contributed by atoms with Crippen molar-refractivity contribution in [1.82, 2.24) is 0 Å². The van der Waals surface area contributed by atoms with Gasteiger partial charge >= 0.3 is 11.9 Å². The summed E-state index contributed by atoms with van der Waals surface area (Å²) in [5, 5.41) is 8.68. The monoisotopic (exact) mass is 186 g/mol. The molecule has 72 valence electrons. The summed E-state index contributed by atoms with van der Waals surface area (Å²) in [6, 6.07) is 0. The highest BCUT2D eigenvalue weighted by atomic mass is 16.6. The fourth-order valence-electron chi connectivity index (χ4n) is 0.848. The van der Waals surface area contributed by atoms with Crippen LogP contribution in [0.3, 0.4) is 0 Å². The van der Waals surface area contributed by atoms with E-state index in [0.717, 1.165) is 6.26 Å². The number of carboxylic acids is 1. The van der Waals surface area contributed by atoms with Gasteiger partial charge in [-0.2, -0.15) is 0 Å². The van der Waals surface area contributed by atoms with Crippen molar-refractivity contribution < 1.29 is 24.2 Å². The Kier molecular flexibility index (Phi) is 3.02. The zero-order chi connectivity index (χ0) is 9.84. The van der Waals surface area contributed by atoms with Gasteiger partial charge in [-0.3, -0.25) is 9.59 Å². The minimum absolute atomic E-state index is 0.274. The van der Waals surface area contributed by atoms with E-state index in [1.54, 1.807) is 0 Å². The van der Waals surface area contributed by atoms with Crippen molar-refractivity contribution in [3.05, 3.63) is 12.3 Å². The number of carboxylic acid groups (broad SMARTS) is 1. The predicted molar refractivity (Wildman–Crippen MR) is 41.8 cm³/mol. The molecule has 0 aromatic carbocycles. The molecule has 0 amide bonds. The minimum Gasteiger partial charge on any atom is -0.481 e. The summed E-state index contributed by atoms with van der Waals surface area (Å²) in [5.41, 5.74) is 0. The third-order valence-corrected chi connectivity index (χ3v) is 1.56. The molecule has 0 radical (unpaired) electrons. The highest BCUT2D eigenvalue weighted by molar-refractivity contribution is 5.73. The standard InChI is InChI=1S/C8H10O5/c1-5(9)12-3-2-6(8(10)11)7-4-13-7/h2-3,6-7H,4H2,1H3,(H,10,11). The molecule has 0 aromatic rings. The van der Waals surface area contributed by atoms with E-state index in [2.05, 4.69) is 4.74 Å². The molecule has 1 saturated heterocycles. The molecular formula is C8H10O5. The number of carbonyl (C=O) groups excluding carboxylic acids is 1. The average molecular weight is 186 g/mol. The number of ether oxygens (including phenoxy) is 2. The van der Waals surface area contributed by atoms with Gasteiger partial charge in [0.1, 0.15) is 5.92 Å². The Bertz CT molecular complexity index is 241. The maximum absolute atomic E-state index is 10.6. The van der Waals surface area contributed by atoms with Crippen molar-refractivity contribution in [2.24, 2.45) is 5.92 Å². The van der Waals surface area contributed by atoms with E-state index in [-0.39, 0.29) is 6.10 Å². The molecule has 1 rings (SSSR count). The van der Waals surface area contributed by atoms with Crippen LogP contribution >= 0.6 is 0 Å². The normalized spacial score (nSPS) is 22.7. The van der Waals surface area contributed by atoms with E-state index in [1.807, 2.05) is 0 Å². The third-order valence-electron chi connectivity index (χ3n) is 1.56. The first-order valence-electron chi connectivity index (χ1n) is 3.79. The number of rotatable bonds is 4. The molecule has 5 nitrogen and oxygen atoms in total. The van der Waals surface area contributed by atoms with Gasteiger partial charge < -0.3 is 14.6 Å². The van der Waals surface area contributed by atoms with Crippen molar-refractivity contribution >= 4 is 11.9 Å². The second-order valence-electron chi connectivity index (χ2n) is 2.67. The van der Waals surface area contributed by atoms with Gasteiger partial charge in [0.25, 0.3) is 0 Å². The van der Waals surface area contributed by atoms with Gasteiger partial charge in [0, 0.05) is 6.92 Å². The van der Waals surface area contributed by atoms with Crippen LogP contribution < -0.4 is 0 Å². The van der Waals surface area contributed by atoms with Crippen LogP contribution in [0.15, 0.2) is 12.3 Å². The van der Waals surface area contributed by atoms with Crippen molar-refractivity contribution in [1.29, 1.82) is 0 Å². The quantitative estimate of drug-likeness (QED) is 0.384. The fourth-order valence-corrected chi connectivity index (χ4v) is 0.848. The van der Waals surface area contributed by atoms with Crippen molar-refractivity contribution in [3.8, 4) is 0 Å². The van der Waals surface area contributed by atoms with Gasteiger partial charge in [-0.1, -0.05) is 0 Å². The largest absolute Gasteiger partial charge is 0.481 e. The van der Waals surface area contributed by atoms with Crippen LogP contribution in [0.1, 0.15) is 6.92 Å². The smallest absolute Gasteiger partial charge is 0.313 e. The first-order chi connectivity index (χ1) is 6.11. The molecular weight excluding hydrogens is 176 g/mol. The lowest BCUT2D eigenvalue weighted by Crippen LogP contribution is -2.17. The Morgan fingerprint density at radius 3 is 2.69 bits per heavy atom. The van der Waals surface area contributed by atoms with Gasteiger partial charge in [0.05, 0.1) is 19.0 Å². The predicted octanol–water partition coefficient (Wildman–Crippen LogP) is 0.163. The minimum atomic E-state index is -0.981. The summed E-state index contributed by atoms with van der Waals surface area (Å²) >= 11 is 0. The van der Waals surface area contributed by atoms with E-state index in [4.69, 9.17) is 9.84 Å². The Morgan fingerprint density at radius 2 is 2.31 bits per heavy atom. The molecule has 1 aliphatic heterocycles. The zero-order valence-electron chi connectivity index (χ0n) is 7.10. The Morgan fingerprint density at radius 1 is 1.69 bits per heavy atom. The highest BCUT2D eigenvalue weighted by Gasteiger charge is 2.36. The first-order valence-corrected chi connectivity index (χ1v) is 3.79. The van der Waals surface area contributed by atoms with Gasteiger partial charge in [-0.25, -0.2) is 0 Å². The van der Waals surface area contributed by atoms with Crippen LogP contribution in [0, 0.1) is 5.92 Å². The van der Waals surface area contributed by atoms with Crippen LogP contribution in [-0.2, 0) is 19.1 Å². The van der Waals surface area contributed by atoms with Crippen molar-refractivity contribution in [2.45, 2.75) is 13.0 Å². The molecule has 5 heteroatoms. The zero-order valence-corrected chi connectivity index (χ0v) is 7.10. The number of epoxide rings is 1. The molecule has 2 unspecified atom stereocenters. The summed E-state index contributed by atoms with van der Waals surface area (Å²) in [6.45, 7) is 1.69. The molecule has 1 N–H and O–H groups in total. The third kappa shape index (κ3) is 3.25. The van der Waals surface area contributed by atoms with Gasteiger partial charge in [0.2, 0.25) is 0 Å². The lowest BCUT2D eigenvalue weighted by molar-refractivity contribution is -0.141. The average Bonchev–Trinajstić information content (AvgIpc) is 2.79. The molecule has 0 aliphatic carbocycles. The molecule has 0 spiro atoms. The maximum atomic E-state index is 10.6. The number of carbonyl (C=O) groups is 2. The van der Waals surface area contributed by atoms with Gasteiger partial charge in [-0.15, -0.1) is 0 Å². The second kappa shape index (κ2) is 4.04. The van der Waals surface area contributed by atoms with E-state index >= 15 is 0 Å². The Balaban J connectivity index is 2.42. The van der Waals surface area contributed by atoms with Gasteiger partial charge in [0.15, 0.2) is 0 Å². The van der Waals surface area contributed by atoms with Crippen LogP contribution in [0.25, 0.3) is 0 Å². The Labute approximate surface area is 74.9 Å². The molecule has 1 aliphatic rings. The van der Waals surface area contributed by atoms with E-state index in [9.17, 15) is 9.59 Å². The molecule has 1 fully saturated rings. The number of hydrogen-bond acceptors (Lipinski definition) is 4. The highest BCUT2D eigenvalue weighted by Crippen LogP contribution is 2.21.